The van der Waals surface area contributed by atoms with Crippen LogP contribution in [0.3, 0.4) is 0 Å². The third kappa shape index (κ3) is 3.98. The normalized spacial score (nSPS) is 15.8. The number of amides is 1. The highest BCUT2D eigenvalue weighted by Gasteiger charge is 2.50. The molecule has 0 aliphatic heterocycles. The van der Waals surface area contributed by atoms with E-state index in [0.29, 0.717) is 18.6 Å². The van der Waals surface area contributed by atoms with Crippen LogP contribution in [0.5, 0.6) is 0 Å². The molecule has 2 rings (SSSR count). The van der Waals surface area contributed by atoms with Crippen molar-refractivity contribution in [1.82, 2.24) is 5.32 Å². The Morgan fingerprint density at radius 3 is 2.74 bits per heavy atom. The molecule has 1 aromatic rings. The highest BCUT2D eigenvalue weighted by atomic mass is 79.9. The Morgan fingerprint density at radius 1 is 1.42 bits per heavy atom. The van der Waals surface area contributed by atoms with Gasteiger partial charge in [-0.3, -0.25) is 9.59 Å². The van der Waals surface area contributed by atoms with Crippen LogP contribution < -0.4 is 5.32 Å². The lowest BCUT2D eigenvalue weighted by Crippen LogP contribution is -2.35. The highest BCUT2D eigenvalue weighted by Crippen LogP contribution is 2.45. The molecule has 0 saturated heterocycles. The highest BCUT2D eigenvalue weighted by molar-refractivity contribution is 9.10. The van der Waals surface area contributed by atoms with E-state index in [0.717, 1.165) is 9.37 Å². The fraction of sp³-hybridized carbons (Fsp3) is 0.385. The minimum absolute atomic E-state index is 0.127. The van der Waals surface area contributed by atoms with Crippen molar-refractivity contribution in [3.8, 4) is 0 Å². The Hall–Kier alpha value is -1.01. The van der Waals surface area contributed by atoms with Crippen LogP contribution in [-0.4, -0.2) is 29.3 Å². The number of thioether (sulfide) groups is 1. The summed E-state index contributed by atoms with van der Waals surface area (Å²) in [5.41, 5.74) is -0.698. The summed E-state index contributed by atoms with van der Waals surface area (Å²) in [5, 5.41) is 11.7. The van der Waals surface area contributed by atoms with Gasteiger partial charge in [0.15, 0.2) is 0 Å². The number of aliphatic carboxylic acids is 1. The SMILES string of the molecule is O=C(CSc1cccc(Br)c1)NCC1(C(=O)O)CC1. The van der Waals surface area contributed by atoms with Gasteiger partial charge in [-0.1, -0.05) is 22.0 Å². The van der Waals surface area contributed by atoms with E-state index >= 15 is 0 Å². The van der Waals surface area contributed by atoms with Gasteiger partial charge in [0.05, 0.1) is 11.2 Å². The van der Waals surface area contributed by atoms with Crippen LogP contribution in [0.25, 0.3) is 0 Å². The number of nitrogens with one attached hydrogen (secondary N) is 1. The molecule has 1 saturated carbocycles. The molecule has 0 bridgehead atoms. The second kappa shape index (κ2) is 5.96. The second-order valence-corrected chi connectivity index (χ2v) is 6.57. The molecule has 2 N–H and O–H groups in total. The minimum Gasteiger partial charge on any atom is -0.481 e. The molecule has 0 unspecified atom stereocenters. The number of carbonyl (C=O) groups excluding carboxylic acids is 1. The zero-order valence-electron chi connectivity index (χ0n) is 10.2. The fourth-order valence-electron chi connectivity index (χ4n) is 1.64. The van der Waals surface area contributed by atoms with Crippen LogP contribution in [0.4, 0.5) is 0 Å². The third-order valence-corrected chi connectivity index (χ3v) is 4.58. The molecule has 0 aromatic heterocycles. The summed E-state index contributed by atoms with van der Waals surface area (Å²) < 4.78 is 0.973. The number of carboxylic acids is 1. The quantitative estimate of drug-likeness (QED) is 0.779. The van der Waals surface area contributed by atoms with Crippen LogP contribution in [0.1, 0.15) is 12.8 Å². The van der Waals surface area contributed by atoms with Crippen LogP contribution in [0, 0.1) is 5.41 Å². The van der Waals surface area contributed by atoms with Crippen molar-refractivity contribution in [3.05, 3.63) is 28.7 Å². The summed E-state index contributed by atoms with van der Waals surface area (Å²) in [6.45, 7) is 0.236. The molecule has 1 aromatic carbocycles. The summed E-state index contributed by atoms with van der Waals surface area (Å²) in [4.78, 5) is 23.6. The first-order valence-electron chi connectivity index (χ1n) is 5.90. The van der Waals surface area contributed by atoms with Gasteiger partial charge in [0.1, 0.15) is 0 Å². The van der Waals surface area contributed by atoms with E-state index in [4.69, 9.17) is 5.11 Å². The molecule has 0 radical (unpaired) electrons. The van der Waals surface area contributed by atoms with Crippen LogP contribution in [0.15, 0.2) is 33.6 Å². The lowest BCUT2D eigenvalue weighted by Gasteiger charge is -2.10. The first kappa shape index (κ1) is 14.4. The number of hydrogen-bond donors (Lipinski definition) is 2. The lowest BCUT2D eigenvalue weighted by molar-refractivity contribution is -0.143. The van der Waals surface area contributed by atoms with Gasteiger partial charge in [0.2, 0.25) is 5.91 Å². The fourth-order valence-corrected chi connectivity index (χ4v) is 2.98. The van der Waals surface area contributed by atoms with E-state index in [2.05, 4.69) is 21.2 Å². The zero-order valence-corrected chi connectivity index (χ0v) is 12.6. The predicted octanol–water partition coefficient (Wildman–Crippen LogP) is 2.52. The van der Waals surface area contributed by atoms with Crippen molar-refractivity contribution in [2.45, 2.75) is 17.7 Å². The van der Waals surface area contributed by atoms with Crippen LogP contribution in [-0.2, 0) is 9.59 Å². The van der Waals surface area contributed by atoms with E-state index in [1.54, 1.807) is 0 Å². The van der Waals surface area contributed by atoms with E-state index in [1.165, 1.54) is 11.8 Å². The third-order valence-electron chi connectivity index (χ3n) is 3.10. The molecule has 0 atom stereocenters. The summed E-state index contributed by atoms with van der Waals surface area (Å²) in [5.74, 6) is -0.642. The molecule has 1 amide bonds. The molecular weight excluding hydrogens is 330 g/mol. The van der Waals surface area contributed by atoms with Gasteiger partial charge in [-0.2, -0.15) is 0 Å². The molecule has 19 heavy (non-hydrogen) atoms. The summed E-state index contributed by atoms with van der Waals surface area (Å²) in [7, 11) is 0. The van der Waals surface area contributed by atoms with E-state index < -0.39 is 11.4 Å². The van der Waals surface area contributed by atoms with E-state index in [-0.39, 0.29) is 12.5 Å². The molecular formula is C13H14BrNO3S. The lowest BCUT2D eigenvalue weighted by atomic mass is 10.1. The van der Waals surface area contributed by atoms with Gasteiger partial charge in [-0.05, 0) is 31.0 Å². The van der Waals surface area contributed by atoms with Crippen molar-refractivity contribution >= 4 is 39.6 Å². The molecule has 1 aliphatic rings. The monoisotopic (exact) mass is 343 g/mol. The first-order chi connectivity index (χ1) is 9.02. The Labute approximate surface area is 124 Å². The zero-order chi connectivity index (χ0) is 13.9. The number of hydrogen-bond acceptors (Lipinski definition) is 3. The minimum atomic E-state index is -0.813. The molecule has 6 heteroatoms. The average Bonchev–Trinajstić information content (AvgIpc) is 3.15. The predicted molar refractivity (Wildman–Crippen MR) is 77.2 cm³/mol. The largest absolute Gasteiger partial charge is 0.481 e. The standard InChI is InChI=1S/C13H14BrNO3S/c14-9-2-1-3-10(6-9)19-7-11(16)15-8-13(4-5-13)12(17)18/h1-3,6H,4-5,7-8H2,(H,15,16)(H,17,18). The molecule has 0 heterocycles. The number of carboxylic acid groups (broad SMARTS) is 1. The molecule has 4 nitrogen and oxygen atoms in total. The smallest absolute Gasteiger partial charge is 0.311 e. The van der Waals surface area contributed by atoms with Crippen molar-refractivity contribution in [2.75, 3.05) is 12.3 Å². The number of rotatable bonds is 6. The van der Waals surface area contributed by atoms with Gasteiger partial charge >= 0.3 is 5.97 Å². The van der Waals surface area contributed by atoms with Crippen molar-refractivity contribution < 1.29 is 14.7 Å². The van der Waals surface area contributed by atoms with Gasteiger partial charge < -0.3 is 10.4 Å². The van der Waals surface area contributed by atoms with Crippen LogP contribution in [0.2, 0.25) is 0 Å². The molecule has 1 fully saturated rings. The summed E-state index contributed by atoms with van der Waals surface area (Å²) in [6.07, 6.45) is 1.31. The Morgan fingerprint density at radius 2 is 2.16 bits per heavy atom. The number of halogens is 1. The Kier molecular flexibility index (Phi) is 4.52. The topological polar surface area (TPSA) is 66.4 Å². The molecule has 102 valence electrons. The van der Waals surface area contributed by atoms with E-state index in [9.17, 15) is 9.59 Å². The Balaban J connectivity index is 1.75. The van der Waals surface area contributed by atoms with Crippen LogP contribution >= 0.6 is 27.7 Å². The van der Waals surface area contributed by atoms with E-state index in [1.807, 2.05) is 24.3 Å². The van der Waals surface area contributed by atoms with Crippen molar-refractivity contribution in [2.24, 2.45) is 5.41 Å². The first-order valence-corrected chi connectivity index (χ1v) is 7.68. The maximum Gasteiger partial charge on any atom is 0.311 e. The van der Waals surface area contributed by atoms with Gasteiger partial charge in [0.25, 0.3) is 0 Å². The molecule has 1 aliphatic carbocycles. The maximum absolute atomic E-state index is 11.7. The summed E-state index contributed by atoms with van der Waals surface area (Å²) >= 11 is 4.80. The van der Waals surface area contributed by atoms with Gasteiger partial charge in [0, 0.05) is 15.9 Å². The van der Waals surface area contributed by atoms with Crippen molar-refractivity contribution in [1.29, 1.82) is 0 Å². The second-order valence-electron chi connectivity index (χ2n) is 4.61. The van der Waals surface area contributed by atoms with Crippen molar-refractivity contribution in [3.63, 3.8) is 0 Å². The Bertz CT molecular complexity index is 502. The average molecular weight is 344 g/mol. The summed E-state index contributed by atoms with van der Waals surface area (Å²) in [6, 6.07) is 7.71. The molecule has 0 spiro atoms. The number of benzene rings is 1. The maximum atomic E-state index is 11.7. The van der Waals surface area contributed by atoms with Gasteiger partial charge in [-0.15, -0.1) is 11.8 Å². The van der Waals surface area contributed by atoms with Gasteiger partial charge in [-0.25, -0.2) is 0 Å². The number of carbonyl (C=O) groups is 2.